The van der Waals surface area contributed by atoms with Crippen LogP contribution in [0.5, 0.6) is 5.75 Å². The summed E-state index contributed by atoms with van der Waals surface area (Å²) in [5.41, 5.74) is 3.55. The first-order valence-corrected chi connectivity index (χ1v) is 12.8. The fraction of sp³-hybridized carbons (Fsp3) is 0.286. The summed E-state index contributed by atoms with van der Waals surface area (Å²) in [7, 11) is 0. The van der Waals surface area contributed by atoms with Gasteiger partial charge in [0.25, 0.3) is 0 Å². The lowest BCUT2D eigenvalue weighted by Crippen LogP contribution is -2.09. The van der Waals surface area contributed by atoms with Crippen LogP contribution in [0.4, 0.5) is 13.2 Å². The molecule has 0 atom stereocenters. The van der Waals surface area contributed by atoms with E-state index in [-0.39, 0.29) is 6.61 Å². The number of fused-ring (bicyclic) bond motifs is 1. The number of rotatable bonds is 10. The van der Waals surface area contributed by atoms with Crippen molar-refractivity contribution in [2.45, 2.75) is 51.4 Å². The highest BCUT2D eigenvalue weighted by Gasteiger charge is 2.13. The van der Waals surface area contributed by atoms with Crippen molar-refractivity contribution in [1.82, 2.24) is 9.78 Å². The molecule has 3 rings (SSSR count). The molecule has 0 fully saturated rings. The molecule has 2 N–H and O–H groups in total. The van der Waals surface area contributed by atoms with Crippen molar-refractivity contribution < 1.29 is 32.9 Å². The second kappa shape index (κ2) is 17.0. The standard InChI is InChI=1S/C25H26N2O4S.C2H6.CHF3/c1-4-18(10-11-19(28)5-2)27-23-9-7-6-8-21(23)22(26-27)16-32-20-12-13-24(17(3)14-20)31-15-25(29)30;1-2;2-1(3)4/h4,6-14,28H,1,5,15-16H2,2-3H3,(H,29,30);1-2H3;1H/b18-10+,19-11+;;. The van der Waals surface area contributed by atoms with Gasteiger partial charge in [0.2, 0.25) is 0 Å². The van der Waals surface area contributed by atoms with E-state index in [4.69, 9.17) is 14.9 Å². The van der Waals surface area contributed by atoms with E-state index in [1.165, 1.54) is 0 Å². The average molecular weight is 551 g/mol. The van der Waals surface area contributed by atoms with Gasteiger partial charge in [0, 0.05) is 22.5 Å². The number of aliphatic hydroxyl groups excluding tert-OH is 1. The fourth-order valence-electron chi connectivity index (χ4n) is 3.12. The zero-order chi connectivity index (χ0) is 28.7. The van der Waals surface area contributed by atoms with Gasteiger partial charge in [0.15, 0.2) is 6.61 Å². The zero-order valence-corrected chi connectivity index (χ0v) is 22.6. The summed E-state index contributed by atoms with van der Waals surface area (Å²) in [6.45, 7) is 7.66. The fourth-order valence-corrected chi connectivity index (χ4v) is 4.06. The lowest BCUT2D eigenvalue weighted by atomic mass is 10.2. The van der Waals surface area contributed by atoms with Crippen LogP contribution in [0.1, 0.15) is 38.4 Å². The van der Waals surface area contributed by atoms with Crippen LogP contribution < -0.4 is 4.74 Å². The Morgan fingerprint density at radius 1 is 1.16 bits per heavy atom. The van der Waals surface area contributed by atoms with Crippen LogP contribution in [0, 0.1) is 6.92 Å². The van der Waals surface area contributed by atoms with Crippen LogP contribution in [0.3, 0.4) is 0 Å². The van der Waals surface area contributed by atoms with Gasteiger partial charge in [0.1, 0.15) is 5.75 Å². The summed E-state index contributed by atoms with van der Waals surface area (Å²) in [5, 5.41) is 24.5. The van der Waals surface area contributed by atoms with Crippen LogP contribution in [0.2, 0.25) is 0 Å². The molecule has 0 aliphatic carbocycles. The van der Waals surface area contributed by atoms with Crippen molar-refractivity contribution in [3.05, 3.63) is 84.3 Å². The lowest BCUT2D eigenvalue weighted by Gasteiger charge is -2.08. The molecule has 1 heterocycles. The first kappa shape index (κ1) is 32.4. The Balaban J connectivity index is 0.00000110. The van der Waals surface area contributed by atoms with Crippen molar-refractivity contribution in [3.63, 3.8) is 0 Å². The number of hydrogen-bond donors (Lipinski definition) is 2. The van der Waals surface area contributed by atoms with Gasteiger partial charge >= 0.3 is 12.6 Å². The molecule has 10 heteroatoms. The number of benzene rings is 2. The minimum atomic E-state index is -3.67. The van der Waals surface area contributed by atoms with E-state index in [0.717, 1.165) is 32.8 Å². The van der Waals surface area contributed by atoms with Crippen LogP contribution in [-0.4, -0.2) is 39.2 Å². The summed E-state index contributed by atoms with van der Waals surface area (Å²) in [6.07, 6.45) is 5.75. The summed E-state index contributed by atoms with van der Waals surface area (Å²) in [6, 6.07) is 13.7. The topological polar surface area (TPSA) is 84.6 Å². The molecule has 6 nitrogen and oxygen atoms in total. The van der Waals surface area contributed by atoms with E-state index in [2.05, 4.69) is 6.58 Å². The number of thioether (sulfide) groups is 1. The van der Waals surface area contributed by atoms with Gasteiger partial charge < -0.3 is 14.9 Å². The smallest absolute Gasteiger partial charge is 0.379 e. The summed E-state index contributed by atoms with van der Waals surface area (Å²) in [4.78, 5) is 11.8. The number of aromatic nitrogens is 2. The molecule has 2 aromatic carbocycles. The largest absolute Gasteiger partial charge is 0.512 e. The highest BCUT2D eigenvalue weighted by Crippen LogP contribution is 2.31. The molecule has 3 aromatic rings. The number of aliphatic hydroxyl groups is 1. The molecule has 206 valence electrons. The summed E-state index contributed by atoms with van der Waals surface area (Å²) >= 11 is 1.65. The third-order valence-electron chi connectivity index (χ3n) is 4.80. The van der Waals surface area contributed by atoms with Crippen molar-refractivity contribution in [2.75, 3.05) is 6.61 Å². The highest BCUT2D eigenvalue weighted by molar-refractivity contribution is 7.98. The third kappa shape index (κ3) is 10.4. The summed E-state index contributed by atoms with van der Waals surface area (Å²) < 4.78 is 36.1. The number of carboxylic acid groups (broad SMARTS) is 1. The molecule has 0 aliphatic rings. The van der Waals surface area contributed by atoms with Crippen molar-refractivity contribution >= 4 is 34.3 Å². The molecule has 0 saturated carbocycles. The average Bonchev–Trinajstić information content (AvgIpc) is 3.26. The number of hydrogen-bond acceptors (Lipinski definition) is 5. The number of aliphatic carboxylic acids is 1. The predicted octanol–water partition coefficient (Wildman–Crippen LogP) is 8.18. The van der Waals surface area contributed by atoms with Gasteiger partial charge in [-0.25, -0.2) is 9.48 Å². The minimum absolute atomic E-state index is 0.294. The van der Waals surface area contributed by atoms with E-state index >= 15 is 0 Å². The molecule has 38 heavy (non-hydrogen) atoms. The van der Waals surface area contributed by atoms with E-state index < -0.39 is 12.6 Å². The maximum atomic E-state index is 10.7. The first-order valence-electron chi connectivity index (χ1n) is 11.9. The second-order valence-electron chi connectivity index (χ2n) is 7.33. The van der Waals surface area contributed by atoms with Gasteiger partial charge in [-0.15, -0.1) is 11.8 Å². The molecule has 0 radical (unpaired) electrons. The van der Waals surface area contributed by atoms with Gasteiger partial charge in [-0.05, 0) is 55.0 Å². The molecule has 0 amide bonds. The molecule has 0 saturated heterocycles. The third-order valence-corrected chi connectivity index (χ3v) is 5.80. The zero-order valence-electron chi connectivity index (χ0n) is 21.8. The maximum absolute atomic E-state index is 10.7. The number of aryl methyl sites for hydroxylation is 1. The molecule has 1 aromatic heterocycles. The monoisotopic (exact) mass is 550 g/mol. The van der Waals surface area contributed by atoms with Gasteiger partial charge in [-0.2, -0.15) is 18.3 Å². The number of para-hydroxylation sites is 1. The molecule has 0 bridgehead atoms. The van der Waals surface area contributed by atoms with Crippen LogP contribution in [-0.2, 0) is 10.5 Å². The Morgan fingerprint density at radius 2 is 1.82 bits per heavy atom. The SMILES string of the molecule is C=C/C(=C\C=C(\O)CC)n1nc(CSc2ccc(OCC(=O)O)c(C)c2)c2ccccc21.CC.FC(F)F. The highest BCUT2D eigenvalue weighted by atomic mass is 32.2. The van der Waals surface area contributed by atoms with E-state index in [9.17, 15) is 23.1 Å². The number of alkyl halides is 3. The van der Waals surface area contributed by atoms with Gasteiger partial charge in [-0.3, -0.25) is 0 Å². The minimum Gasteiger partial charge on any atom is -0.512 e. The number of ether oxygens (including phenoxy) is 1. The number of allylic oxidation sites excluding steroid dienone is 5. The van der Waals surface area contributed by atoms with E-state index in [0.29, 0.717) is 23.7 Å². The lowest BCUT2D eigenvalue weighted by molar-refractivity contribution is -0.139. The number of carbonyl (C=O) groups is 1. The molecular formula is C28H33F3N2O4S. The van der Waals surface area contributed by atoms with Crippen LogP contribution in [0.15, 0.2) is 77.9 Å². The van der Waals surface area contributed by atoms with Crippen molar-refractivity contribution in [3.8, 4) is 5.75 Å². The maximum Gasteiger partial charge on any atom is 0.379 e. The number of nitrogens with zero attached hydrogens (tertiary/aromatic N) is 2. The molecule has 0 aliphatic heterocycles. The Kier molecular flexibility index (Phi) is 14.4. The second-order valence-corrected chi connectivity index (χ2v) is 8.38. The Hall–Kier alpha value is -3.66. The molecule has 0 spiro atoms. The van der Waals surface area contributed by atoms with Crippen LogP contribution in [0.25, 0.3) is 16.6 Å². The van der Waals surface area contributed by atoms with E-state index in [1.807, 2.05) is 68.8 Å². The van der Waals surface area contributed by atoms with Crippen LogP contribution >= 0.6 is 11.8 Å². The number of carboxylic acids is 1. The quantitative estimate of drug-likeness (QED) is 0.150. The Morgan fingerprint density at radius 3 is 2.39 bits per heavy atom. The van der Waals surface area contributed by atoms with Gasteiger partial charge in [-0.1, -0.05) is 45.5 Å². The predicted molar refractivity (Wildman–Crippen MR) is 148 cm³/mol. The normalized spacial score (nSPS) is 11.4. The number of halogens is 3. The van der Waals surface area contributed by atoms with Gasteiger partial charge in [0.05, 0.1) is 22.7 Å². The van der Waals surface area contributed by atoms with Crippen molar-refractivity contribution in [1.29, 1.82) is 0 Å². The Bertz CT molecular complexity index is 1250. The molecular weight excluding hydrogens is 517 g/mol. The molecule has 0 unspecified atom stereocenters. The van der Waals surface area contributed by atoms with E-state index in [1.54, 1.807) is 36.1 Å². The van der Waals surface area contributed by atoms with Crippen molar-refractivity contribution in [2.24, 2.45) is 0 Å². The summed E-state index contributed by atoms with van der Waals surface area (Å²) in [5.74, 6) is 0.514. The Labute approximate surface area is 225 Å². The first-order chi connectivity index (χ1) is 18.2.